The van der Waals surface area contributed by atoms with E-state index in [1.165, 1.54) is 6.07 Å². The van der Waals surface area contributed by atoms with Crippen LogP contribution in [-0.2, 0) is 11.2 Å². The van der Waals surface area contributed by atoms with Gasteiger partial charge in [-0.3, -0.25) is 4.79 Å². The van der Waals surface area contributed by atoms with E-state index in [0.29, 0.717) is 19.0 Å². The van der Waals surface area contributed by atoms with Gasteiger partial charge in [0, 0.05) is 18.1 Å². The molecule has 2 N–H and O–H groups in total. The van der Waals surface area contributed by atoms with E-state index >= 15 is 0 Å². The number of hydrogen-bond donors (Lipinski definition) is 2. The fourth-order valence-electron chi connectivity index (χ4n) is 1.86. The first-order valence-corrected chi connectivity index (χ1v) is 5.61. The van der Waals surface area contributed by atoms with Gasteiger partial charge in [-0.1, -0.05) is 0 Å². The van der Waals surface area contributed by atoms with E-state index in [9.17, 15) is 14.3 Å². The van der Waals surface area contributed by atoms with Gasteiger partial charge in [0.05, 0.1) is 0 Å². The summed E-state index contributed by atoms with van der Waals surface area (Å²) < 4.78 is 24.4. The lowest BCUT2D eigenvalue weighted by molar-refractivity contribution is -0.137. The lowest BCUT2D eigenvalue weighted by atomic mass is 10.0. The normalized spacial score (nSPS) is 13.4. The molecule has 1 heterocycles. The van der Waals surface area contributed by atoms with Crippen LogP contribution in [0.25, 0.3) is 0 Å². The maximum absolute atomic E-state index is 13.8. The van der Waals surface area contributed by atoms with Crippen LogP contribution < -0.4 is 9.47 Å². The van der Waals surface area contributed by atoms with Crippen LogP contribution in [0, 0.1) is 5.82 Å². The SMILES string of the molecule is O=C(O)CCCc1c(F)c(O)cc2c1OCCO2. The van der Waals surface area contributed by atoms with Crippen molar-refractivity contribution in [1.82, 2.24) is 0 Å². The van der Waals surface area contributed by atoms with Gasteiger partial charge in [0.2, 0.25) is 0 Å². The van der Waals surface area contributed by atoms with Crippen LogP contribution in [0.15, 0.2) is 6.07 Å². The molecule has 1 aromatic rings. The van der Waals surface area contributed by atoms with Crippen LogP contribution in [0.4, 0.5) is 4.39 Å². The van der Waals surface area contributed by atoms with Gasteiger partial charge < -0.3 is 19.7 Å². The van der Waals surface area contributed by atoms with Gasteiger partial charge in [-0.05, 0) is 12.8 Å². The number of hydrogen-bond acceptors (Lipinski definition) is 4. The molecule has 1 aliphatic heterocycles. The number of benzene rings is 1. The second-order valence-electron chi connectivity index (χ2n) is 3.96. The van der Waals surface area contributed by atoms with Crippen molar-refractivity contribution in [3.8, 4) is 17.2 Å². The van der Waals surface area contributed by atoms with E-state index in [1.54, 1.807) is 0 Å². The molecule has 0 aromatic heterocycles. The Morgan fingerprint density at radius 3 is 2.83 bits per heavy atom. The highest BCUT2D eigenvalue weighted by Gasteiger charge is 2.22. The molecular weight excluding hydrogens is 243 g/mol. The number of fused-ring (bicyclic) bond motifs is 1. The van der Waals surface area contributed by atoms with Gasteiger partial charge in [-0.2, -0.15) is 0 Å². The van der Waals surface area contributed by atoms with Gasteiger partial charge in [-0.25, -0.2) is 4.39 Å². The van der Waals surface area contributed by atoms with Crippen molar-refractivity contribution < 1.29 is 28.9 Å². The predicted octanol–water partition coefficient (Wildman–Crippen LogP) is 1.71. The number of ether oxygens (including phenoxy) is 2. The molecular formula is C12H13FO5. The molecule has 0 spiro atoms. The molecule has 98 valence electrons. The van der Waals surface area contributed by atoms with Crippen LogP contribution in [0.5, 0.6) is 17.2 Å². The smallest absolute Gasteiger partial charge is 0.303 e. The number of carboxylic acids is 1. The first kappa shape index (κ1) is 12.5. The zero-order valence-corrected chi connectivity index (χ0v) is 9.61. The summed E-state index contributed by atoms with van der Waals surface area (Å²) in [5.41, 5.74) is 0.172. The lowest BCUT2D eigenvalue weighted by Crippen LogP contribution is -2.17. The molecule has 0 unspecified atom stereocenters. The molecule has 0 radical (unpaired) electrons. The second-order valence-corrected chi connectivity index (χ2v) is 3.96. The second kappa shape index (κ2) is 5.12. The van der Waals surface area contributed by atoms with Crippen LogP contribution in [0.2, 0.25) is 0 Å². The highest BCUT2D eigenvalue weighted by molar-refractivity contribution is 5.66. The Bertz CT molecular complexity index is 472. The molecule has 5 nitrogen and oxygen atoms in total. The van der Waals surface area contributed by atoms with Crippen LogP contribution in [0.1, 0.15) is 18.4 Å². The average molecular weight is 256 g/mol. The summed E-state index contributed by atoms with van der Waals surface area (Å²) in [6.45, 7) is 0.649. The third-order valence-corrected chi connectivity index (χ3v) is 2.66. The predicted molar refractivity (Wildman–Crippen MR) is 59.6 cm³/mol. The van der Waals surface area contributed by atoms with E-state index < -0.39 is 17.5 Å². The van der Waals surface area contributed by atoms with Crippen molar-refractivity contribution in [1.29, 1.82) is 0 Å². The van der Waals surface area contributed by atoms with Crippen LogP contribution >= 0.6 is 0 Å². The molecule has 1 aliphatic rings. The van der Waals surface area contributed by atoms with Crippen LogP contribution in [0.3, 0.4) is 0 Å². The maximum Gasteiger partial charge on any atom is 0.303 e. The van der Waals surface area contributed by atoms with Crippen molar-refractivity contribution in [2.45, 2.75) is 19.3 Å². The minimum atomic E-state index is -0.943. The molecule has 0 bridgehead atoms. The van der Waals surface area contributed by atoms with Crippen molar-refractivity contribution >= 4 is 5.97 Å². The van der Waals surface area contributed by atoms with E-state index in [0.717, 1.165) is 0 Å². The van der Waals surface area contributed by atoms with Crippen LogP contribution in [-0.4, -0.2) is 29.4 Å². The van der Waals surface area contributed by atoms with E-state index in [1.807, 2.05) is 0 Å². The number of carbonyl (C=O) groups is 1. The summed E-state index contributed by atoms with van der Waals surface area (Å²) in [6, 6.07) is 1.17. The van der Waals surface area contributed by atoms with Crippen molar-refractivity contribution in [2.24, 2.45) is 0 Å². The van der Waals surface area contributed by atoms with E-state index in [4.69, 9.17) is 14.6 Å². The average Bonchev–Trinajstić information content (AvgIpc) is 2.33. The highest BCUT2D eigenvalue weighted by atomic mass is 19.1. The van der Waals surface area contributed by atoms with Gasteiger partial charge in [0.25, 0.3) is 0 Å². The molecule has 0 amide bonds. The molecule has 0 fully saturated rings. The first-order valence-electron chi connectivity index (χ1n) is 5.61. The summed E-state index contributed by atoms with van der Waals surface area (Å²) in [4.78, 5) is 10.4. The molecule has 0 saturated heterocycles. The van der Waals surface area contributed by atoms with Crippen molar-refractivity contribution in [3.05, 3.63) is 17.4 Å². The van der Waals surface area contributed by atoms with Gasteiger partial charge >= 0.3 is 5.97 Å². The Balaban J connectivity index is 2.26. The molecule has 1 aromatic carbocycles. The van der Waals surface area contributed by atoms with Crippen molar-refractivity contribution in [2.75, 3.05) is 13.2 Å². The molecule has 0 saturated carbocycles. The third kappa shape index (κ3) is 2.47. The zero-order valence-electron chi connectivity index (χ0n) is 9.61. The van der Waals surface area contributed by atoms with E-state index in [-0.39, 0.29) is 30.6 Å². The molecule has 0 atom stereocenters. The Hall–Kier alpha value is -1.98. The Kier molecular flexibility index (Phi) is 3.55. The standard InChI is InChI=1S/C12H13FO5/c13-11-7(2-1-3-10(15)16)12-9(6-8(11)14)17-4-5-18-12/h6,14H,1-5H2,(H,15,16). The number of phenolic OH excluding ortho intramolecular Hbond substituents is 1. The number of rotatable bonds is 4. The topological polar surface area (TPSA) is 76.0 Å². The molecule has 6 heteroatoms. The summed E-state index contributed by atoms with van der Waals surface area (Å²) in [5, 5.41) is 18.0. The fourth-order valence-corrected chi connectivity index (χ4v) is 1.86. The summed E-state index contributed by atoms with van der Waals surface area (Å²) in [7, 11) is 0. The highest BCUT2D eigenvalue weighted by Crippen LogP contribution is 2.40. The molecule has 2 rings (SSSR count). The lowest BCUT2D eigenvalue weighted by Gasteiger charge is -2.22. The number of carboxylic acid groups (broad SMARTS) is 1. The number of aromatic hydroxyl groups is 1. The Morgan fingerprint density at radius 1 is 1.39 bits per heavy atom. The molecule has 0 aliphatic carbocycles. The minimum Gasteiger partial charge on any atom is -0.505 e. The number of phenols is 1. The van der Waals surface area contributed by atoms with Gasteiger partial charge in [0.1, 0.15) is 13.2 Å². The summed E-state index contributed by atoms with van der Waals surface area (Å²) in [6.07, 6.45) is 0.383. The summed E-state index contributed by atoms with van der Waals surface area (Å²) >= 11 is 0. The van der Waals surface area contributed by atoms with E-state index in [2.05, 4.69) is 0 Å². The van der Waals surface area contributed by atoms with Crippen molar-refractivity contribution in [3.63, 3.8) is 0 Å². The third-order valence-electron chi connectivity index (χ3n) is 2.66. The summed E-state index contributed by atoms with van der Waals surface area (Å²) in [5.74, 6) is -1.66. The Morgan fingerprint density at radius 2 is 2.11 bits per heavy atom. The quantitative estimate of drug-likeness (QED) is 0.857. The first-order chi connectivity index (χ1) is 8.59. The number of aliphatic carboxylic acids is 1. The monoisotopic (exact) mass is 256 g/mol. The largest absolute Gasteiger partial charge is 0.505 e. The molecule has 18 heavy (non-hydrogen) atoms. The number of halogens is 1. The maximum atomic E-state index is 13.8. The van der Waals surface area contributed by atoms with Gasteiger partial charge in [-0.15, -0.1) is 0 Å². The minimum absolute atomic E-state index is 0.0648. The fraction of sp³-hybridized carbons (Fsp3) is 0.417. The van der Waals surface area contributed by atoms with Gasteiger partial charge in [0.15, 0.2) is 23.1 Å². The zero-order chi connectivity index (χ0) is 13.1. The Labute approximate surface area is 103 Å².